The van der Waals surface area contributed by atoms with Gasteiger partial charge in [-0.3, -0.25) is 9.59 Å². The van der Waals surface area contributed by atoms with Gasteiger partial charge in [0.2, 0.25) is 0 Å². The summed E-state index contributed by atoms with van der Waals surface area (Å²) in [4.78, 5) is 28.0. The highest BCUT2D eigenvalue weighted by Crippen LogP contribution is 2.41. The van der Waals surface area contributed by atoms with Crippen LogP contribution in [0.15, 0.2) is 74.3 Å². The molecular formula is C27H25Br2ClN4O4. The van der Waals surface area contributed by atoms with Crippen LogP contribution in [-0.4, -0.2) is 43.8 Å². The van der Waals surface area contributed by atoms with E-state index in [0.717, 1.165) is 5.69 Å². The van der Waals surface area contributed by atoms with E-state index >= 15 is 0 Å². The average Bonchev–Trinajstić information content (AvgIpc) is 2.90. The quantitative estimate of drug-likeness (QED) is 0.149. The van der Waals surface area contributed by atoms with E-state index in [4.69, 9.17) is 16.3 Å². The van der Waals surface area contributed by atoms with Crippen LogP contribution in [0.25, 0.3) is 6.08 Å². The van der Waals surface area contributed by atoms with Gasteiger partial charge in [0.15, 0.2) is 11.5 Å². The Hall–Kier alpha value is -3.34. The highest BCUT2D eigenvalue weighted by atomic mass is 79.9. The van der Waals surface area contributed by atoms with Crippen LogP contribution in [0.3, 0.4) is 0 Å². The van der Waals surface area contributed by atoms with Gasteiger partial charge in [-0.05, 0) is 80.8 Å². The number of anilines is 1. The molecule has 0 heterocycles. The number of carbonyl (C=O) groups is 2. The first-order valence-corrected chi connectivity index (χ1v) is 13.3. The number of nitrogens with one attached hydrogen (secondary N) is 2. The van der Waals surface area contributed by atoms with E-state index in [1.807, 2.05) is 43.3 Å². The van der Waals surface area contributed by atoms with E-state index in [1.54, 1.807) is 43.3 Å². The molecule has 0 aliphatic heterocycles. The number of hydrogen-bond donors (Lipinski definition) is 3. The predicted octanol–water partition coefficient (Wildman–Crippen LogP) is 5.96. The first-order chi connectivity index (χ1) is 18.1. The summed E-state index contributed by atoms with van der Waals surface area (Å²) < 4.78 is 6.34. The topological polar surface area (TPSA) is 103 Å². The van der Waals surface area contributed by atoms with Crippen molar-refractivity contribution in [2.24, 2.45) is 5.10 Å². The molecule has 3 aromatic carbocycles. The van der Waals surface area contributed by atoms with Gasteiger partial charge in [0, 0.05) is 29.8 Å². The Labute approximate surface area is 242 Å². The van der Waals surface area contributed by atoms with Crippen molar-refractivity contribution in [1.82, 2.24) is 10.7 Å². The number of halogens is 3. The lowest BCUT2D eigenvalue weighted by Crippen LogP contribution is -2.33. The van der Waals surface area contributed by atoms with E-state index in [0.29, 0.717) is 26.7 Å². The molecule has 0 saturated heterocycles. The molecule has 0 bridgehead atoms. The molecule has 38 heavy (non-hydrogen) atoms. The van der Waals surface area contributed by atoms with Crippen molar-refractivity contribution in [2.45, 2.75) is 6.92 Å². The molecular weight excluding hydrogens is 640 g/mol. The Morgan fingerprint density at radius 1 is 1.11 bits per heavy atom. The molecule has 0 atom stereocenters. The third-order valence-electron chi connectivity index (χ3n) is 5.18. The van der Waals surface area contributed by atoms with E-state index in [1.165, 1.54) is 6.21 Å². The van der Waals surface area contributed by atoms with Gasteiger partial charge in [-0.1, -0.05) is 35.9 Å². The van der Waals surface area contributed by atoms with E-state index in [-0.39, 0.29) is 27.8 Å². The zero-order valence-corrected chi connectivity index (χ0v) is 24.7. The van der Waals surface area contributed by atoms with Crippen molar-refractivity contribution < 1.29 is 19.4 Å². The van der Waals surface area contributed by atoms with Crippen molar-refractivity contribution in [1.29, 1.82) is 0 Å². The lowest BCUT2D eigenvalue weighted by Gasteiger charge is -2.13. The lowest BCUT2D eigenvalue weighted by molar-refractivity contribution is -0.117. The normalized spacial score (nSPS) is 11.4. The highest BCUT2D eigenvalue weighted by Gasteiger charge is 2.17. The van der Waals surface area contributed by atoms with Crippen LogP contribution in [0, 0.1) is 0 Å². The number of benzene rings is 3. The minimum absolute atomic E-state index is 0.0365. The number of aromatic hydroxyl groups is 1. The molecule has 0 spiro atoms. The predicted molar refractivity (Wildman–Crippen MR) is 158 cm³/mol. The van der Waals surface area contributed by atoms with Gasteiger partial charge >= 0.3 is 0 Å². The smallest absolute Gasteiger partial charge is 0.287 e. The molecule has 0 aromatic heterocycles. The summed E-state index contributed by atoms with van der Waals surface area (Å²) in [6, 6.07) is 15.6. The lowest BCUT2D eigenvalue weighted by atomic mass is 10.1. The van der Waals surface area contributed by atoms with Gasteiger partial charge in [-0.2, -0.15) is 5.10 Å². The fraction of sp³-hybridized carbons (Fsp3) is 0.148. The molecule has 3 N–H and O–H groups in total. The van der Waals surface area contributed by atoms with Crippen molar-refractivity contribution >= 4 is 73.3 Å². The van der Waals surface area contributed by atoms with Gasteiger partial charge < -0.3 is 20.1 Å². The highest BCUT2D eigenvalue weighted by molar-refractivity contribution is 9.13. The van der Waals surface area contributed by atoms with Crippen molar-refractivity contribution in [3.05, 3.63) is 91.0 Å². The zero-order chi connectivity index (χ0) is 27.8. The number of carbonyl (C=O) groups excluding carboxylic acids is 2. The van der Waals surface area contributed by atoms with Crippen molar-refractivity contribution in [3.8, 4) is 11.5 Å². The first kappa shape index (κ1) is 29.2. The Balaban J connectivity index is 1.89. The fourth-order valence-corrected chi connectivity index (χ4v) is 4.27. The van der Waals surface area contributed by atoms with Crippen LogP contribution < -0.4 is 20.4 Å². The van der Waals surface area contributed by atoms with E-state index < -0.39 is 11.8 Å². The summed E-state index contributed by atoms with van der Waals surface area (Å²) in [6.07, 6.45) is 2.92. The summed E-state index contributed by atoms with van der Waals surface area (Å²) in [7, 11) is 3.85. The van der Waals surface area contributed by atoms with Gasteiger partial charge in [-0.15, -0.1) is 0 Å². The second-order valence-corrected chi connectivity index (χ2v) is 10.0. The summed E-state index contributed by atoms with van der Waals surface area (Å²) in [5.41, 5.74) is 4.82. The second-order valence-electron chi connectivity index (χ2n) is 8.05. The number of hydrogen-bond acceptors (Lipinski definition) is 6. The Morgan fingerprint density at radius 3 is 2.42 bits per heavy atom. The summed E-state index contributed by atoms with van der Waals surface area (Å²) in [5.74, 6) is -1.01. The van der Waals surface area contributed by atoms with E-state index in [2.05, 4.69) is 47.7 Å². The summed E-state index contributed by atoms with van der Waals surface area (Å²) in [6.45, 7) is 2.14. The molecule has 0 fully saturated rings. The number of ether oxygens (including phenoxy) is 1. The summed E-state index contributed by atoms with van der Waals surface area (Å²) >= 11 is 12.9. The second kappa shape index (κ2) is 13.5. The first-order valence-electron chi connectivity index (χ1n) is 11.3. The molecule has 11 heteroatoms. The number of hydrazone groups is 1. The summed E-state index contributed by atoms with van der Waals surface area (Å²) in [5, 5.41) is 17.2. The van der Waals surface area contributed by atoms with Gasteiger partial charge in [0.25, 0.3) is 11.8 Å². The monoisotopic (exact) mass is 662 g/mol. The number of amides is 2. The SMILES string of the molecule is CCOc1cc(/C=N/NC(=O)/C(=C\c2ccc(N(C)C)cc2)NC(=O)c2ccccc2Cl)c(Br)c(Br)c1O. The van der Waals surface area contributed by atoms with Gasteiger partial charge in [0.05, 0.1) is 27.9 Å². The van der Waals surface area contributed by atoms with Crippen LogP contribution >= 0.6 is 43.5 Å². The Bertz CT molecular complexity index is 1390. The number of rotatable bonds is 9. The maximum atomic E-state index is 13.1. The van der Waals surface area contributed by atoms with Crippen LogP contribution in [0.5, 0.6) is 11.5 Å². The maximum absolute atomic E-state index is 13.1. The Kier molecular flexibility index (Phi) is 10.3. The van der Waals surface area contributed by atoms with Gasteiger partial charge in [-0.25, -0.2) is 5.43 Å². The molecule has 198 valence electrons. The van der Waals surface area contributed by atoms with Crippen LogP contribution in [0.4, 0.5) is 5.69 Å². The standard InChI is InChI=1S/C27H25Br2ClN4O4/c1-4-38-22-14-17(23(28)24(29)25(22)35)15-31-33-27(37)21(13-16-9-11-18(12-10-16)34(2)3)32-26(36)19-7-5-6-8-20(19)30/h5-15,35H,4H2,1-3H3,(H,32,36)(H,33,37)/b21-13+,31-15+. The van der Waals surface area contributed by atoms with E-state index in [9.17, 15) is 14.7 Å². The zero-order valence-electron chi connectivity index (χ0n) is 20.8. The molecule has 0 aliphatic carbocycles. The molecule has 2 amide bonds. The van der Waals surface area contributed by atoms with Crippen LogP contribution in [0.1, 0.15) is 28.4 Å². The molecule has 0 aliphatic rings. The van der Waals surface area contributed by atoms with Crippen LogP contribution in [-0.2, 0) is 4.79 Å². The third kappa shape index (κ3) is 7.37. The third-order valence-corrected chi connectivity index (χ3v) is 7.66. The molecule has 0 saturated carbocycles. The number of phenols is 1. The molecule has 0 radical (unpaired) electrons. The van der Waals surface area contributed by atoms with Crippen molar-refractivity contribution in [3.63, 3.8) is 0 Å². The average molecular weight is 665 g/mol. The number of nitrogens with zero attached hydrogens (tertiary/aromatic N) is 2. The minimum Gasteiger partial charge on any atom is -0.503 e. The maximum Gasteiger partial charge on any atom is 0.287 e. The van der Waals surface area contributed by atoms with Gasteiger partial charge in [0.1, 0.15) is 5.70 Å². The molecule has 8 nitrogen and oxygen atoms in total. The Morgan fingerprint density at radius 2 is 1.79 bits per heavy atom. The fourth-order valence-electron chi connectivity index (χ4n) is 3.22. The van der Waals surface area contributed by atoms with Crippen molar-refractivity contribution in [2.75, 3.05) is 25.6 Å². The molecule has 3 rings (SSSR count). The van der Waals surface area contributed by atoms with Crippen LogP contribution in [0.2, 0.25) is 5.02 Å². The minimum atomic E-state index is -0.655. The largest absolute Gasteiger partial charge is 0.503 e. The number of phenolic OH excluding ortho intramolecular Hbond substituents is 1. The molecule has 0 unspecified atom stereocenters. The molecule has 3 aromatic rings.